The molecule has 0 saturated carbocycles. The molecule has 118 valence electrons. The Kier molecular flexibility index (Phi) is 3.98. The number of benzene rings is 3. The van der Waals surface area contributed by atoms with Gasteiger partial charge in [-0.25, -0.2) is 4.57 Å². The van der Waals surface area contributed by atoms with Crippen molar-refractivity contribution in [2.75, 3.05) is 0 Å². The van der Waals surface area contributed by atoms with Crippen molar-refractivity contribution in [3.05, 3.63) is 102 Å². The van der Waals surface area contributed by atoms with Gasteiger partial charge < -0.3 is 0 Å². The van der Waals surface area contributed by atoms with E-state index in [0.29, 0.717) is 5.56 Å². The van der Waals surface area contributed by atoms with Gasteiger partial charge in [0, 0.05) is 17.0 Å². The maximum atomic E-state index is 9.26. The molecule has 0 bridgehead atoms. The maximum absolute atomic E-state index is 9.26. The van der Waals surface area contributed by atoms with Crippen molar-refractivity contribution < 1.29 is 4.57 Å². The Balaban J connectivity index is 1.60. The lowest BCUT2D eigenvalue weighted by molar-refractivity contribution is -0.687. The molecule has 4 aromatic rings. The Labute approximate surface area is 147 Å². The van der Waals surface area contributed by atoms with Crippen LogP contribution in [0, 0.1) is 11.3 Å². The molecule has 0 radical (unpaired) electrons. The summed E-state index contributed by atoms with van der Waals surface area (Å²) in [4.78, 5) is 0. The van der Waals surface area contributed by atoms with Crippen LogP contribution in [0.25, 0.3) is 21.9 Å². The lowest BCUT2D eigenvalue weighted by Crippen LogP contribution is -2.33. The van der Waals surface area contributed by atoms with Crippen LogP contribution in [0.2, 0.25) is 0 Å². The van der Waals surface area contributed by atoms with Gasteiger partial charge in [-0.2, -0.15) is 5.26 Å². The normalized spacial score (nSPS) is 10.5. The van der Waals surface area contributed by atoms with Gasteiger partial charge in [-0.15, -0.1) is 0 Å². The van der Waals surface area contributed by atoms with Gasteiger partial charge in [0.25, 0.3) is 0 Å². The highest BCUT2D eigenvalue weighted by Gasteiger charge is 2.07. The molecule has 0 aliphatic rings. The maximum Gasteiger partial charge on any atom is 0.176 e. The van der Waals surface area contributed by atoms with Gasteiger partial charge in [-0.05, 0) is 28.6 Å². The van der Waals surface area contributed by atoms with Crippen molar-refractivity contribution in [2.45, 2.75) is 6.54 Å². The Bertz CT molecular complexity index is 1070. The summed E-state index contributed by atoms with van der Waals surface area (Å²) in [6.07, 6.45) is 4.29. The van der Waals surface area contributed by atoms with Crippen molar-refractivity contribution in [3.8, 4) is 17.2 Å². The molecule has 3 aromatic carbocycles. The Morgan fingerprint density at radius 1 is 0.760 bits per heavy atom. The average Bonchev–Trinajstić information content (AvgIpc) is 2.68. The summed E-state index contributed by atoms with van der Waals surface area (Å²) < 4.78 is 2.20. The Hall–Kier alpha value is -3.44. The molecule has 0 atom stereocenters. The molecule has 2 nitrogen and oxygen atoms in total. The van der Waals surface area contributed by atoms with Gasteiger partial charge in [-0.1, -0.05) is 60.7 Å². The molecule has 1 aromatic heterocycles. The summed E-state index contributed by atoms with van der Waals surface area (Å²) in [5.41, 5.74) is 4.00. The number of nitrogens with zero attached hydrogens (tertiary/aromatic N) is 2. The zero-order chi connectivity index (χ0) is 17.1. The fourth-order valence-corrected chi connectivity index (χ4v) is 3.11. The highest BCUT2D eigenvalue weighted by molar-refractivity contribution is 5.80. The van der Waals surface area contributed by atoms with Crippen molar-refractivity contribution in [1.29, 1.82) is 5.26 Å². The summed E-state index contributed by atoms with van der Waals surface area (Å²) in [5.74, 6) is 0. The lowest BCUT2D eigenvalue weighted by atomic mass is 9.99. The minimum absolute atomic E-state index is 0.708. The lowest BCUT2D eigenvalue weighted by Gasteiger charge is -2.05. The van der Waals surface area contributed by atoms with E-state index in [1.807, 2.05) is 24.3 Å². The van der Waals surface area contributed by atoms with E-state index >= 15 is 0 Å². The molecule has 0 amide bonds. The zero-order valence-electron chi connectivity index (χ0n) is 13.8. The molecule has 0 aliphatic carbocycles. The quantitative estimate of drug-likeness (QED) is 0.502. The van der Waals surface area contributed by atoms with Crippen LogP contribution in [0.4, 0.5) is 0 Å². The molecule has 2 heteroatoms. The predicted octanol–water partition coefficient (Wildman–Crippen LogP) is 4.71. The number of aromatic nitrogens is 1. The highest BCUT2D eigenvalue weighted by atomic mass is 14.9. The summed E-state index contributed by atoms with van der Waals surface area (Å²) in [7, 11) is 0. The van der Waals surface area contributed by atoms with Crippen molar-refractivity contribution in [1.82, 2.24) is 0 Å². The first-order valence-corrected chi connectivity index (χ1v) is 8.30. The van der Waals surface area contributed by atoms with Crippen LogP contribution >= 0.6 is 0 Å². The highest BCUT2D eigenvalue weighted by Crippen LogP contribution is 2.23. The summed E-state index contributed by atoms with van der Waals surface area (Å²) in [6.45, 7) is 0.824. The van der Waals surface area contributed by atoms with Crippen LogP contribution in [0.15, 0.2) is 91.3 Å². The monoisotopic (exact) mass is 321 g/mol. The first kappa shape index (κ1) is 15.1. The minimum Gasteiger partial charge on any atom is -0.200 e. The van der Waals surface area contributed by atoms with Gasteiger partial charge >= 0.3 is 0 Å². The Morgan fingerprint density at radius 2 is 1.48 bits per heavy atom. The fourth-order valence-electron chi connectivity index (χ4n) is 3.11. The van der Waals surface area contributed by atoms with Crippen molar-refractivity contribution in [2.24, 2.45) is 0 Å². The molecule has 0 unspecified atom stereocenters. The average molecular weight is 321 g/mol. The second-order valence-corrected chi connectivity index (χ2v) is 6.10. The van der Waals surface area contributed by atoms with Gasteiger partial charge in [0.1, 0.15) is 0 Å². The number of hydrogen-bond donors (Lipinski definition) is 0. The number of nitriles is 1. The second kappa shape index (κ2) is 6.59. The van der Waals surface area contributed by atoms with E-state index in [9.17, 15) is 5.26 Å². The second-order valence-electron chi connectivity index (χ2n) is 6.10. The fraction of sp³-hybridized carbons (Fsp3) is 0.0435. The number of hydrogen-bond acceptors (Lipinski definition) is 1. The molecule has 0 aliphatic heterocycles. The summed E-state index contributed by atoms with van der Waals surface area (Å²) >= 11 is 0. The number of rotatable bonds is 3. The van der Waals surface area contributed by atoms with Crippen LogP contribution in [0.1, 0.15) is 11.1 Å². The topological polar surface area (TPSA) is 27.7 Å². The van der Waals surface area contributed by atoms with E-state index in [2.05, 4.69) is 77.6 Å². The van der Waals surface area contributed by atoms with E-state index in [1.54, 1.807) is 0 Å². The third-order valence-corrected chi connectivity index (χ3v) is 4.42. The molecule has 1 heterocycles. The third-order valence-electron chi connectivity index (χ3n) is 4.42. The van der Waals surface area contributed by atoms with Crippen molar-refractivity contribution >= 4 is 10.8 Å². The van der Waals surface area contributed by atoms with E-state index in [0.717, 1.165) is 17.7 Å². The molecule has 0 fully saturated rings. The van der Waals surface area contributed by atoms with Crippen LogP contribution in [0.5, 0.6) is 0 Å². The minimum atomic E-state index is 0.708. The van der Waals surface area contributed by atoms with E-state index in [1.165, 1.54) is 16.3 Å². The van der Waals surface area contributed by atoms with Gasteiger partial charge in [0.15, 0.2) is 18.9 Å². The molecule has 0 spiro atoms. The summed E-state index contributed by atoms with van der Waals surface area (Å²) in [5, 5.41) is 11.8. The van der Waals surface area contributed by atoms with E-state index in [4.69, 9.17) is 0 Å². The van der Waals surface area contributed by atoms with E-state index in [-0.39, 0.29) is 0 Å². The molecule has 4 rings (SSSR count). The SMILES string of the molecule is N#Cc1ccccc1-c1ccc(C[n+]2ccc3ccccc3c2)cc1. The van der Waals surface area contributed by atoms with Gasteiger partial charge in [0.05, 0.1) is 11.6 Å². The van der Waals surface area contributed by atoms with E-state index < -0.39 is 0 Å². The zero-order valence-corrected chi connectivity index (χ0v) is 13.8. The first-order valence-electron chi connectivity index (χ1n) is 8.30. The largest absolute Gasteiger partial charge is 0.200 e. The third kappa shape index (κ3) is 3.13. The van der Waals surface area contributed by atoms with Crippen LogP contribution in [-0.4, -0.2) is 0 Å². The van der Waals surface area contributed by atoms with Crippen LogP contribution < -0.4 is 4.57 Å². The number of pyridine rings is 1. The smallest absolute Gasteiger partial charge is 0.176 e. The predicted molar refractivity (Wildman–Crippen MR) is 99.8 cm³/mol. The molecular formula is C23H17N2+. The number of fused-ring (bicyclic) bond motifs is 1. The molecule has 0 N–H and O–H groups in total. The first-order chi connectivity index (χ1) is 12.3. The molecule has 0 saturated heterocycles. The molecule has 25 heavy (non-hydrogen) atoms. The van der Waals surface area contributed by atoms with Crippen molar-refractivity contribution in [3.63, 3.8) is 0 Å². The standard InChI is InChI=1S/C23H17N2/c24-15-21-6-3-4-8-23(21)20-11-9-18(10-12-20)16-25-14-13-19-5-1-2-7-22(19)17-25/h1-14,17H,16H2/q+1. The van der Waals surface area contributed by atoms with Crippen LogP contribution in [0.3, 0.4) is 0 Å². The van der Waals surface area contributed by atoms with Gasteiger partial charge in [0.2, 0.25) is 0 Å². The Morgan fingerprint density at radius 3 is 2.28 bits per heavy atom. The van der Waals surface area contributed by atoms with Gasteiger partial charge in [-0.3, -0.25) is 0 Å². The van der Waals surface area contributed by atoms with Crippen LogP contribution in [-0.2, 0) is 6.54 Å². The summed E-state index contributed by atoms with van der Waals surface area (Å²) in [6, 6.07) is 28.9. The molecular weight excluding hydrogens is 304 g/mol.